The topological polar surface area (TPSA) is 89.0 Å². The molecule has 7 nitrogen and oxygen atoms in total. The van der Waals surface area contributed by atoms with Crippen LogP contribution in [0.15, 0.2) is 35.3 Å². The van der Waals surface area contributed by atoms with Crippen LogP contribution in [0.4, 0.5) is 0 Å². The molecule has 2 aromatic heterocycles. The van der Waals surface area contributed by atoms with Gasteiger partial charge < -0.3 is 19.6 Å². The van der Waals surface area contributed by atoms with E-state index in [1.807, 2.05) is 17.7 Å². The lowest BCUT2D eigenvalue weighted by Crippen LogP contribution is -2.40. The highest BCUT2D eigenvalue weighted by Gasteiger charge is 2.26. The lowest BCUT2D eigenvalue weighted by atomic mass is 10.0. The third-order valence-electron chi connectivity index (χ3n) is 6.42. The van der Waals surface area contributed by atoms with Crippen LogP contribution in [0.5, 0.6) is 0 Å². The van der Waals surface area contributed by atoms with E-state index in [9.17, 15) is 9.59 Å². The molecule has 0 radical (unpaired) electrons. The number of aromatic nitrogens is 3. The fraction of sp³-hybridized carbons (Fsp3) is 0.500. The van der Waals surface area contributed by atoms with Crippen LogP contribution in [0.1, 0.15) is 57.1 Å². The molecule has 1 fully saturated rings. The van der Waals surface area contributed by atoms with Gasteiger partial charge in [-0.2, -0.15) is 0 Å². The first-order valence-corrected chi connectivity index (χ1v) is 11.9. The average molecular weight is 451 g/mol. The number of nitrogens with zero attached hydrogens (tertiary/aromatic N) is 2. The Bertz CT molecular complexity index is 1190. The van der Waals surface area contributed by atoms with Gasteiger partial charge in [-0.3, -0.25) is 9.59 Å². The average Bonchev–Trinajstić information content (AvgIpc) is 3.40. The van der Waals surface area contributed by atoms with E-state index in [1.165, 1.54) is 0 Å². The SMILES string of the molecule is Cc1cc(-c2nc3cc(CNC(CC(C)C)C(=O)OC4CCCC4)ccc3n2C)c[nH]c1=O. The molecule has 2 heterocycles. The second-order valence-electron chi connectivity index (χ2n) is 9.62. The zero-order valence-electron chi connectivity index (χ0n) is 20.0. The molecule has 1 unspecified atom stereocenters. The third kappa shape index (κ3) is 5.36. The molecular weight excluding hydrogens is 416 g/mol. The predicted octanol–water partition coefficient (Wildman–Crippen LogP) is 4.23. The maximum Gasteiger partial charge on any atom is 0.323 e. The van der Waals surface area contributed by atoms with Gasteiger partial charge in [-0.05, 0) is 68.7 Å². The lowest BCUT2D eigenvalue weighted by Gasteiger charge is -2.21. The molecule has 4 rings (SSSR count). The molecule has 7 heteroatoms. The molecule has 0 bridgehead atoms. The third-order valence-corrected chi connectivity index (χ3v) is 6.42. The van der Waals surface area contributed by atoms with E-state index in [1.54, 1.807) is 13.1 Å². The van der Waals surface area contributed by atoms with Crippen molar-refractivity contribution >= 4 is 17.0 Å². The molecule has 1 aliphatic carbocycles. The van der Waals surface area contributed by atoms with Gasteiger partial charge in [0.15, 0.2) is 0 Å². The molecule has 0 aliphatic heterocycles. The van der Waals surface area contributed by atoms with Gasteiger partial charge in [0.25, 0.3) is 5.56 Å². The zero-order chi connectivity index (χ0) is 23.5. The van der Waals surface area contributed by atoms with Crippen LogP contribution in [0.3, 0.4) is 0 Å². The van der Waals surface area contributed by atoms with Crippen molar-refractivity contribution in [1.82, 2.24) is 19.9 Å². The van der Waals surface area contributed by atoms with E-state index in [-0.39, 0.29) is 23.7 Å². The number of carbonyl (C=O) groups is 1. The molecule has 3 aromatic rings. The Morgan fingerprint density at radius 2 is 2.03 bits per heavy atom. The van der Waals surface area contributed by atoms with Crippen molar-refractivity contribution in [3.8, 4) is 11.4 Å². The van der Waals surface area contributed by atoms with Crippen molar-refractivity contribution in [2.45, 2.75) is 71.6 Å². The number of hydrogen-bond acceptors (Lipinski definition) is 5. The highest BCUT2D eigenvalue weighted by atomic mass is 16.5. The molecule has 0 amide bonds. The van der Waals surface area contributed by atoms with Gasteiger partial charge >= 0.3 is 5.97 Å². The molecule has 0 saturated heterocycles. The smallest absolute Gasteiger partial charge is 0.323 e. The molecule has 0 spiro atoms. The fourth-order valence-electron chi connectivity index (χ4n) is 4.57. The number of nitrogens with one attached hydrogen (secondary N) is 2. The van der Waals surface area contributed by atoms with Crippen LogP contribution in [0.2, 0.25) is 0 Å². The number of H-pyrrole nitrogens is 1. The Balaban J connectivity index is 1.50. The summed E-state index contributed by atoms with van der Waals surface area (Å²) >= 11 is 0. The number of benzene rings is 1. The Morgan fingerprint density at radius 1 is 1.27 bits per heavy atom. The number of fused-ring (bicyclic) bond motifs is 1. The number of carbonyl (C=O) groups excluding carboxylic acids is 1. The number of aromatic amines is 1. The number of esters is 1. The van der Waals surface area contributed by atoms with Crippen molar-refractivity contribution in [3.05, 3.63) is 51.9 Å². The van der Waals surface area contributed by atoms with E-state index in [4.69, 9.17) is 9.72 Å². The molecule has 33 heavy (non-hydrogen) atoms. The molecule has 1 aliphatic rings. The number of hydrogen-bond donors (Lipinski definition) is 2. The normalized spacial score (nSPS) is 15.4. The zero-order valence-corrected chi connectivity index (χ0v) is 20.0. The van der Waals surface area contributed by atoms with Crippen LogP contribution in [-0.2, 0) is 23.1 Å². The summed E-state index contributed by atoms with van der Waals surface area (Å²) in [5, 5.41) is 3.42. The van der Waals surface area contributed by atoms with Gasteiger partial charge in [0.1, 0.15) is 18.0 Å². The van der Waals surface area contributed by atoms with Crippen molar-refractivity contribution in [2.75, 3.05) is 0 Å². The largest absolute Gasteiger partial charge is 0.461 e. The number of aryl methyl sites for hydroxylation is 2. The fourth-order valence-corrected chi connectivity index (χ4v) is 4.57. The Kier molecular flexibility index (Phi) is 6.98. The second-order valence-corrected chi connectivity index (χ2v) is 9.62. The number of ether oxygens (including phenoxy) is 1. The molecule has 2 N–H and O–H groups in total. The van der Waals surface area contributed by atoms with E-state index < -0.39 is 0 Å². The van der Waals surface area contributed by atoms with Gasteiger partial charge in [0, 0.05) is 30.9 Å². The van der Waals surface area contributed by atoms with Gasteiger partial charge in [-0.15, -0.1) is 0 Å². The van der Waals surface area contributed by atoms with Gasteiger partial charge in [-0.25, -0.2) is 4.98 Å². The first-order chi connectivity index (χ1) is 15.8. The summed E-state index contributed by atoms with van der Waals surface area (Å²) in [6.07, 6.45) is 6.77. The molecule has 1 aromatic carbocycles. The summed E-state index contributed by atoms with van der Waals surface area (Å²) in [5.74, 6) is 1.05. The van der Waals surface area contributed by atoms with Crippen molar-refractivity contribution < 1.29 is 9.53 Å². The lowest BCUT2D eigenvalue weighted by molar-refractivity contribution is -0.151. The van der Waals surface area contributed by atoms with Crippen LogP contribution in [-0.4, -0.2) is 32.7 Å². The summed E-state index contributed by atoms with van der Waals surface area (Å²) in [6.45, 7) is 6.60. The Morgan fingerprint density at radius 3 is 2.73 bits per heavy atom. The number of pyridine rings is 1. The summed E-state index contributed by atoms with van der Waals surface area (Å²) in [4.78, 5) is 32.1. The minimum absolute atomic E-state index is 0.0776. The standard InChI is InChI=1S/C26H34N4O3/c1-16(2)11-22(26(32)33-20-7-5-6-8-20)27-14-18-9-10-23-21(13-18)29-24(30(23)4)19-12-17(3)25(31)28-15-19/h9-10,12-13,15-16,20,22,27H,5-8,11,14H2,1-4H3,(H,28,31). The minimum Gasteiger partial charge on any atom is -0.461 e. The monoisotopic (exact) mass is 450 g/mol. The van der Waals surface area contributed by atoms with Crippen molar-refractivity contribution in [3.63, 3.8) is 0 Å². The molecule has 1 atom stereocenters. The number of rotatable bonds is 8. The Labute approximate surface area is 194 Å². The van der Waals surface area contributed by atoms with Gasteiger partial charge in [-0.1, -0.05) is 19.9 Å². The summed E-state index contributed by atoms with van der Waals surface area (Å²) in [6, 6.07) is 7.71. The van der Waals surface area contributed by atoms with Crippen molar-refractivity contribution in [2.24, 2.45) is 13.0 Å². The first-order valence-electron chi connectivity index (χ1n) is 11.9. The van der Waals surface area contributed by atoms with E-state index in [2.05, 4.69) is 42.3 Å². The van der Waals surface area contributed by atoms with Crippen LogP contribution >= 0.6 is 0 Å². The summed E-state index contributed by atoms with van der Waals surface area (Å²) in [7, 11) is 1.97. The van der Waals surface area contributed by atoms with Crippen LogP contribution in [0, 0.1) is 12.8 Å². The maximum absolute atomic E-state index is 12.8. The first kappa shape index (κ1) is 23.2. The molecular formula is C26H34N4O3. The van der Waals surface area contributed by atoms with Crippen molar-refractivity contribution in [1.29, 1.82) is 0 Å². The second kappa shape index (κ2) is 9.91. The van der Waals surface area contributed by atoms with Crippen LogP contribution < -0.4 is 10.9 Å². The summed E-state index contributed by atoms with van der Waals surface area (Å²) in [5.41, 5.74) is 4.39. The van der Waals surface area contributed by atoms with E-state index in [0.29, 0.717) is 18.0 Å². The maximum atomic E-state index is 12.8. The van der Waals surface area contributed by atoms with Gasteiger partial charge in [0.05, 0.1) is 11.0 Å². The highest BCUT2D eigenvalue weighted by Crippen LogP contribution is 2.25. The predicted molar refractivity (Wildman–Crippen MR) is 130 cm³/mol. The number of imidazole rings is 1. The van der Waals surface area contributed by atoms with E-state index >= 15 is 0 Å². The quantitative estimate of drug-likeness (QED) is 0.502. The van der Waals surface area contributed by atoms with Crippen LogP contribution in [0.25, 0.3) is 22.4 Å². The molecule has 1 saturated carbocycles. The minimum atomic E-state index is -0.315. The summed E-state index contributed by atoms with van der Waals surface area (Å²) < 4.78 is 7.80. The highest BCUT2D eigenvalue weighted by molar-refractivity contribution is 5.81. The Hall–Kier alpha value is -2.93. The van der Waals surface area contributed by atoms with E-state index in [0.717, 1.165) is 60.1 Å². The molecule has 176 valence electrons. The van der Waals surface area contributed by atoms with Gasteiger partial charge in [0.2, 0.25) is 0 Å².